The van der Waals surface area contributed by atoms with Gasteiger partial charge in [0.25, 0.3) is 0 Å². The zero-order valence-electron chi connectivity index (χ0n) is 7.89. The van der Waals surface area contributed by atoms with Crippen LogP contribution in [0.3, 0.4) is 0 Å². The van der Waals surface area contributed by atoms with Crippen molar-refractivity contribution in [2.45, 2.75) is 26.2 Å². The van der Waals surface area contributed by atoms with E-state index in [0.717, 1.165) is 25.8 Å². The van der Waals surface area contributed by atoms with Gasteiger partial charge in [0.1, 0.15) is 0 Å². The Morgan fingerprint density at radius 3 is 3.00 bits per heavy atom. The van der Waals surface area contributed by atoms with Crippen LogP contribution >= 0.6 is 0 Å². The normalized spacial score (nSPS) is 27.7. The number of carbonyl (C=O) groups excluding carboxylic acids is 1. The zero-order chi connectivity index (χ0) is 9.73. The summed E-state index contributed by atoms with van der Waals surface area (Å²) in [5.74, 6) is -0.135. The Morgan fingerprint density at radius 2 is 2.54 bits per heavy atom. The molecular formula is C9H15N3O. The minimum atomic E-state index is -0.353. The van der Waals surface area contributed by atoms with Crippen LogP contribution in [0.5, 0.6) is 0 Å². The first kappa shape index (κ1) is 10.0. The van der Waals surface area contributed by atoms with Gasteiger partial charge in [-0.2, -0.15) is 5.26 Å². The van der Waals surface area contributed by atoms with Gasteiger partial charge in [0.15, 0.2) is 6.19 Å². The predicted octanol–water partition coefficient (Wildman–Crippen LogP) is 0.363. The molecule has 0 radical (unpaired) electrons. The van der Waals surface area contributed by atoms with Crippen LogP contribution in [0.15, 0.2) is 0 Å². The van der Waals surface area contributed by atoms with E-state index in [1.807, 2.05) is 6.92 Å². The molecule has 1 heterocycles. The molecule has 1 rings (SSSR count). The fraction of sp³-hybridized carbons (Fsp3) is 0.778. The highest BCUT2D eigenvalue weighted by molar-refractivity contribution is 5.84. The second-order valence-electron chi connectivity index (χ2n) is 3.48. The molecule has 1 aliphatic heterocycles. The van der Waals surface area contributed by atoms with Gasteiger partial charge in [0, 0.05) is 6.54 Å². The Bertz CT molecular complexity index is 226. The first-order valence-corrected chi connectivity index (χ1v) is 4.65. The molecule has 4 heteroatoms. The van der Waals surface area contributed by atoms with Gasteiger partial charge in [-0.3, -0.25) is 10.1 Å². The minimum absolute atomic E-state index is 0.135. The number of carbonyl (C=O) groups is 1. The molecule has 0 aromatic carbocycles. The van der Waals surface area contributed by atoms with Gasteiger partial charge in [0.05, 0.1) is 5.41 Å². The molecule has 1 saturated heterocycles. The van der Waals surface area contributed by atoms with Gasteiger partial charge >= 0.3 is 0 Å². The van der Waals surface area contributed by atoms with Crippen LogP contribution in [0.4, 0.5) is 0 Å². The van der Waals surface area contributed by atoms with Gasteiger partial charge in [-0.15, -0.1) is 0 Å². The molecular weight excluding hydrogens is 166 g/mol. The van der Waals surface area contributed by atoms with Crippen LogP contribution in [0.25, 0.3) is 0 Å². The third-order valence-corrected chi connectivity index (χ3v) is 2.80. The van der Waals surface area contributed by atoms with Gasteiger partial charge in [0.2, 0.25) is 5.91 Å². The zero-order valence-corrected chi connectivity index (χ0v) is 7.89. The quantitative estimate of drug-likeness (QED) is 0.477. The Labute approximate surface area is 78.3 Å². The van der Waals surface area contributed by atoms with Gasteiger partial charge in [-0.1, -0.05) is 6.92 Å². The van der Waals surface area contributed by atoms with Crippen LogP contribution in [0, 0.1) is 16.9 Å². The van der Waals surface area contributed by atoms with Crippen molar-refractivity contribution in [3.8, 4) is 6.19 Å². The van der Waals surface area contributed by atoms with E-state index in [0.29, 0.717) is 6.54 Å². The van der Waals surface area contributed by atoms with Crippen molar-refractivity contribution >= 4 is 5.91 Å². The Hall–Kier alpha value is -1.08. The Kier molecular flexibility index (Phi) is 3.26. The van der Waals surface area contributed by atoms with Crippen molar-refractivity contribution < 1.29 is 4.79 Å². The van der Waals surface area contributed by atoms with E-state index in [2.05, 4.69) is 10.6 Å². The predicted molar refractivity (Wildman–Crippen MR) is 48.6 cm³/mol. The van der Waals surface area contributed by atoms with E-state index in [-0.39, 0.29) is 11.3 Å². The molecule has 0 aromatic rings. The molecule has 1 unspecified atom stereocenters. The van der Waals surface area contributed by atoms with Crippen LogP contribution < -0.4 is 10.6 Å². The lowest BCUT2D eigenvalue weighted by Gasteiger charge is -2.34. The molecule has 0 spiro atoms. The number of piperidine rings is 1. The Morgan fingerprint density at radius 1 is 1.77 bits per heavy atom. The van der Waals surface area contributed by atoms with Crippen molar-refractivity contribution in [1.29, 1.82) is 5.26 Å². The summed E-state index contributed by atoms with van der Waals surface area (Å²) >= 11 is 0. The molecule has 0 aliphatic carbocycles. The SMILES string of the molecule is CCC1(C(=O)NC#N)CCCNC1. The summed E-state index contributed by atoms with van der Waals surface area (Å²) in [6.07, 6.45) is 4.37. The van der Waals surface area contributed by atoms with Crippen molar-refractivity contribution in [3.63, 3.8) is 0 Å². The van der Waals surface area contributed by atoms with Crippen molar-refractivity contribution in [2.24, 2.45) is 5.41 Å². The van der Waals surface area contributed by atoms with Crippen LogP contribution in [0.1, 0.15) is 26.2 Å². The van der Waals surface area contributed by atoms with Gasteiger partial charge < -0.3 is 5.32 Å². The summed E-state index contributed by atoms with van der Waals surface area (Å²) in [6.45, 7) is 3.66. The number of nitrogens with one attached hydrogen (secondary N) is 2. The molecule has 0 saturated carbocycles. The van der Waals surface area contributed by atoms with E-state index in [4.69, 9.17) is 5.26 Å². The van der Waals surface area contributed by atoms with E-state index < -0.39 is 0 Å². The molecule has 0 aromatic heterocycles. The number of hydrogen-bond donors (Lipinski definition) is 2. The third-order valence-electron chi connectivity index (χ3n) is 2.80. The largest absolute Gasteiger partial charge is 0.316 e. The van der Waals surface area contributed by atoms with Crippen molar-refractivity contribution in [3.05, 3.63) is 0 Å². The highest BCUT2D eigenvalue weighted by Crippen LogP contribution is 2.29. The third kappa shape index (κ3) is 1.99. The molecule has 13 heavy (non-hydrogen) atoms. The summed E-state index contributed by atoms with van der Waals surface area (Å²) in [7, 11) is 0. The molecule has 0 bridgehead atoms. The molecule has 2 N–H and O–H groups in total. The number of amides is 1. The molecule has 72 valence electrons. The number of nitrogens with zero attached hydrogens (tertiary/aromatic N) is 1. The molecule has 1 fully saturated rings. The lowest BCUT2D eigenvalue weighted by atomic mass is 9.77. The van der Waals surface area contributed by atoms with E-state index >= 15 is 0 Å². The maximum Gasteiger partial charge on any atom is 0.240 e. The van der Waals surface area contributed by atoms with E-state index in [1.54, 1.807) is 6.19 Å². The highest BCUT2D eigenvalue weighted by Gasteiger charge is 2.37. The maximum absolute atomic E-state index is 11.6. The summed E-state index contributed by atoms with van der Waals surface area (Å²) in [6, 6.07) is 0. The minimum Gasteiger partial charge on any atom is -0.316 e. The number of rotatable bonds is 2. The van der Waals surface area contributed by atoms with Gasteiger partial charge in [-0.25, -0.2) is 0 Å². The van der Waals surface area contributed by atoms with Crippen LogP contribution in [-0.2, 0) is 4.79 Å². The molecule has 1 aliphatic rings. The topological polar surface area (TPSA) is 64.9 Å². The van der Waals surface area contributed by atoms with Crippen molar-refractivity contribution in [2.75, 3.05) is 13.1 Å². The monoisotopic (exact) mass is 181 g/mol. The second-order valence-corrected chi connectivity index (χ2v) is 3.48. The first-order chi connectivity index (χ1) is 6.25. The maximum atomic E-state index is 11.6. The Balaban J connectivity index is 2.67. The average molecular weight is 181 g/mol. The first-order valence-electron chi connectivity index (χ1n) is 4.65. The van der Waals surface area contributed by atoms with Crippen molar-refractivity contribution in [1.82, 2.24) is 10.6 Å². The number of nitriles is 1. The number of hydrogen-bond acceptors (Lipinski definition) is 3. The summed E-state index contributed by atoms with van der Waals surface area (Å²) in [5, 5.41) is 13.8. The lowest BCUT2D eigenvalue weighted by Crippen LogP contribution is -2.49. The van der Waals surface area contributed by atoms with Gasteiger partial charge in [-0.05, 0) is 25.8 Å². The fourth-order valence-electron chi connectivity index (χ4n) is 1.81. The second kappa shape index (κ2) is 4.24. The summed E-state index contributed by atoms with van der Waals surface area (Å²) in [5.41, 5.74) is -0.353. The fourth-order valence-corrected chi connectivity index (χ4v) is 1.81. The summed E-state index contributed by atoms with van der Waals surface area (Å²) < 4.78 is 0. The van der Waals surface area contributed by atoms with E-state index in [1.165, 1.54) is 0 Å². The molecule has 1 amide bonds. The molecule has 4 nitrogen and oxygen atoms in total. The highest BCUT2D eigenvalue weighted by atomic mass is 16.2. The van der Waals surface area contributed by atoms with Crippen LogP contribution in [-0.4, -0.2) is 19.0 Å². The smallest absolute Gasteiger partial charge is 0.240 e. The molecule has 1 atom stereocenters. The summed E-state index contributed by atoms with van der Waals surface area (Å²) in [4.78, 5) is 11.6. The van der Waals surface area contributed by atoms with E-state index in [9.17, 15) is 4.79 Å². The van der Waals surface area contributed by atoms with Crippen LogP contribution in [0.2, 0.25) is 0 Å². The average Bonchev–Trinajstić information content (AvgIpc) is 2.19. The standard InChI is InChI=1S/C9H15N3O/c1-2-9(8(13)12-7-10)4-3-5-11-6-9/h11H,2-6H2,1H3,(H,12,13). The lowest BCUT2D eigenvalue weighted by molar-refractivity contribution is -0.131.